The van der Waals surface area contributed by atoms with E-state index in [9.17, 15) is 4.79 Å². The molecule has 1 aliphatic carbocycles. The number of carbonyl (C=O) groups is 1. The number of rotatable bonds is 3. The highest BCUT2D eigenvalue weighted by molar-refractivity contribution is 5.80. The van der Waals surface area contributed by atoms with Gasteiger partial charge in [-0.1, -0.05) is 13.3 Å². The zero-order valence-electron chi connectivity index (χ0n) is 12.6. The van der Waals surface area contributed by atoms with Gasteiger partial charge in [-0.05, 0) is 45.1 Å². The van der Waals surface area contributed by atoms with Crippen molar-refractivity contribution in [3.05, 3.63) is 0 Å². The van der Waals surface area contributed by atoms with Gasteiger partial charge in [0.1, 0.15) is 0 Å². The van der Waals surface area contributed by atoms with Crippen molar-refractivity contribution in [2.45, 2.75) is 58.3 Å². The van der Waals surface area contributed by atoms with E-state index in [1.54, 1.807) is 0 Å². The van der Waals surface area contributed by atoms with E-state index in [-0.39, 0.29) is 24.0 Å². The molecule has 2 aliphatic rings. The summed E-state index contributed by atoms with van der Waals surface area (Å²) in [4.78, 5) is 14.7. The van der Waals surface area contributed by atoms with Crippen LogP contribution in [0.2, 0.25) is 0 Å². The molecule has 0 aromatic carbocycles. The molecule has 4 heteroatoms. The standard InChI is InChI=1S/C15H28N2O2/c1-9-10(2)19-11(3)14(9)15(18)17(4)13-7-5-6-12(13)8-16/h9-14H,5-8,16H2,1-4H3. The molecule has 2 rings (SSSR count). The third-order valence-electron chi connectivity index (χ3n) is 5.29. The molecule has 2 N–H and O–H groups in total. The van der Waals surface area contributed by atoms with Gasteiger partial charge in [-0.15, -0.1) is 0 Å². The summed E-state index contributed by atoms with van der Waals surface area (Å²) in [6, 6.07) is 0.327. The number of ether oxygens (including phenoxy) is 1. The van der Waals surface area contributed by atoms with Crippen molar-refractivity contribution < 1.29 is 9.53 Å². The van der Waals surface area contributed by atoms with Gasteiger partial charge in [-0.3, -0.25) is 4.79 Å². The molecule has 1 aliphatic heterocycles. The van der Waals surface area contributed by atoms with E-state index in [1.165, 1.54) is 6.42 Å². The second-order valence-corrected chi connectivity index (χ2v) is 6.37. The first kappa shape index (κ1) is 14.8. The zero-order chi connectivity index (χ0) is 14.2. The van der Waals surface area contributed by atoms with Crippen LogP contribution in [0.15, 0.2) is 0 Å². The van der Waals surface area contributed by atoms with Crippen LogP contribution in [0.1, 0.15) is 40.0 Å². The van der Waals surface area contributed by atoms with Crippen molar-refractivity contribution in [2.24, 2.45) is 23.5 Å². The SMILES string of the molecule is CC1OC(C)C(C(=O)N(C)C2CCCC2CN)C1C. The third-order valence-corrected chi connectivity index (χ3v) is 5.29. The zero-order valence-corrected chi connectivity index (χ0v) is 12.6. The van der Waals surface area contributed by atoms with Crippen molar-refractivity contribution in [1.82, 2.24) is 4.90 Å². The monoisotopic (exact) mass is 268 g/mol. The topological polar surface area (TPSA) is 55.6 Å². The van der Waals surface area contributed by atoms with Crippen molar-refractivity contribution in [3.63, 3.8) is 0 Å². The lowest BCUT2D eigenvalue weighted by molar-refractivity contribution is -0.139. The molecule has 1 saturated carbocycles. The third kappa shape index (κ3) is 2.65. The summed E-state index contributed by atoms with van der Waals surface area (Å²) in [6.45, 7) is 6.89. The fourth-order valence-corrected chi connectivity index (χ4v) is 3.89. The van der Waals surface area contributed by atoms with Crippen molar-refractivity contribution in [2.75, 3.05) is 13.6 Å². The maximum Gasteiger partial charge on any atom is 0.228 e. The normalized spacial score (nSPS) is 42.6. The van der Waals surface area contributed by atoms with E-state index in [0.717, 1.165) is 12.8 Å². The average molecular weight is 268 g/mol. The molecule has 0 aromatic heterocycles. The van der Waals surface area contributed by atoms with Gasteiger partial charge >= 0.3 is 0 Å². The highest BCUT2D eigenvalue weighted by atomic mass is 16.5. The summed E-state index contributed by atoms with van der Waals surface area (Å²) in [6.07, 6.45) is 3.63. The van der Waals surface area contributed by atoms with E-state index in [4.69, 9.17) is 10.5 Å². The largest absolute Gasteiger partial charge is 0.374 e. The van der Waals surface area contributed by atoms with Gasteiger partial charge in [0.25, 0.3) is 0 Å². The summed E-state index contributed by atoms with van der Waals surface area (Å²) >= 11 is 0. The molecular weight excluding hydrogens is 240 g/mol. The van der Waals surface area contributed by atoms with Crippen LogP contribution in [-0.2, 0) is 9.53 Å². The van der Waals surface area contributed by atoms with Crippen LogP contribution in [0.3, 0.4) is 0 Å². The Hall–Kier alpha value is -0.610. The Morgan fingerprint density at radius 1 is 1.26 bits per heavy atom. The molecule has 2 fully saturated rings. The lowest BCUT2D eigenvalue weighted by Gasteiger charge is -2.33. The molecule has 110 valence electrons. The van der Waals surface area contributed by atoms with Gasteiger partial charge in [0.15, 0.2) is 0 Å². The van der Waals surface area contributed by atoms with Gasteiger partial charge in [0.2, 0.25) is 5.91 Å². The van der Waals surface area contributed by atoms with Crippen LogP contribution in [0.5, 0.6) is 0 Å². The predicted octanol–water partition coefficient (Wildman–Crippen LogP) is 1.63. The van der Waals surface area contributed by atoms with Crippen LogP contribution in [-0.4, -0.2) is 42.6 Å². The number of carbonyl (C=O) groups excluding carboxylic acids is 1. The predicted molar refractivity (Wildman–Crippen MR) is 75.6 cm³/mol. The van der Waals surface area contributed by atoms with E-state index in [2.05, 4.69) is 13.8 Å². The summed E-state index contributed by atoms with van der Waals surface area (Å²) in [5.41, 5.74) is 5.83. The minimum Gasteiger partial charge on any atom is -0.374 e. The minimum atomic E-state index is -0.000903. The van der Waals surface area contributed by atoms with Crippen LogP contribution in [0, 0.1) is 17.8 Å². The molecule has 19 heavy (non-hydrogen) atoms. The lowest BCUT2D eigenvalue weighted by atomic mass is 9.87. The maximum absolute atomic E-state index is 12.8. The smallest absolute Gasteiger partial charge is 0.228 e. The Morgan fingerprint density at radius 2 is 1.95 bits per heavy atom. The Balaban J connectivity index is 2.06. The van der Waals surface area contributed by atoms with Gasteiger partial charge in [-0.2, -0.15) is 0 Å². The molecule has 1 amide bonds. The first-order chi connectivity index (χ1) is 8.97. The molecule has 0 spiro atoms. The highest BCUT2D eigenvalue weighted by Gasteiger charge is 2.44. The second kappa shape index (κ2) is 5.80. The Kier molecular flexibility index (Phi) is 4.51. The number of amides is 1. The molecule has 6 unspecified atom stereocenters. The summed E-state index contributed by atoms with van der Waals surface area (Å²) < 4.78 is 5.80. The van der Waals surface area contributed by atoms with Gasteiger partial charge in [0, 0.05) is 13.1 Å². The molecular formula is C15H28N2O2. The van der Waals surface area contributed by atoms with Crippen LogP contribution >= 0.6 is 0 Å². The Bertz CT molecular complexity index is 334. The fourth-order valence-electron chi connectivity index (χ4n) is 3.89. The molecule has 1 saturated heterocycles. The average Bonchev–Trinajstić information content (AvgIpc) is 2.94. The van der Waals surface area contributed by atoms with Gasteiger partial charge in [-0.25, -0.2) is 0 Å². The Morgan fingerprint density at radius 3 is 2.47 bits per heavy atom. The minimum absolute atomic E-state index is 0.000903. The number of hydrogen-bond acceptors (Lipinski definition) is 3. The highest BCUT2D eigenvalue weighted by Crippen LogP contribution is 2.36. The summed E-state index contributed by atoms with van der Waals surface area (Å²) in [7, 11) is 1.95. The van der Waals surface area contributed by atoms with E-state index in [0.29, 0.717) is 24.4 Å². The van der Waals surface area contributed by atoms with E-state index < -0.39 is 0 Å². The molecule has 4 nitrogen and oxygen atoms in total. The first-order valence-electron chi connectivity index (χ1n) is 7.59. The van der Waals surface area contributed by atoms with Crippen molar-refractivity contribution >= 4 is 5.91 Å². The Labute approximate surface area is 116 Å². The van der Waals surface area contributed by atoms with Crippen LogP contribution < -0.4 is 5.73 Å². The number of nitrogens with two attached hydrogens (primary N) is 1. The van der Waals surface area contributed by atoms with Gasteiger partial charge < -0.3 is 15.4 Å². The van der Waals surface area contributed by atoms with Gasteiger partial charge in [0.05, 0.1) is 18.1 Å². The second-order valence-electron chi connectivity index (χ2n) is 6.37. The van der Waals surface area contributed by atoms with E-state index in [1.807, 2.05) is 18.9 Å². The molecule has 0 radical (unpaired) electrons. The fraction of sp³-hybridized carbons (Fsp3) is 0.933. The lowest BCUT2D eigenvalue weighted by Crippen LogP contribution is -2.46. The molecule has 1 heterocycles. The van der Waals surface area contributed by atoms with Crippen LogP contribution in [0.4, 0.5) is 0 Å². The first-order valence-corrected chi connectivity index (χ1v) is 7.59. The molecule has 6 atom stereocenters. The molecule has 0 aromatic rings. The maximum atomic E-state index is 12.8. The quantitative estimate of drug-likeness (QED) is 0.846. The van der Waals surface area contributed by atoms with Crippen molar-refractivity contribution in [3.8, 4) is 0 Å². The van der Waals surface area contributed by atoms with E-state index >= 15 is 0 Å². The molecule has 0 bridgehead atoms. The number of nitrogens with zero attached hydrogens (tertiary/aromatic N) is 1. The number of hydrogen-bond donors (Lipinski definition) is 1. The van der Waals surface area contributed by atoms with Crippen molar-refractivity contribution in [1.29, 1.82) is 0 Å². The summed E-state index contributed by atoms with van der Waals surface area (Å²) in [5, 5.41) is 0. The summed E-state index contributed by atoms with van der Waals surface area (Å²) in [5.74, 6) is 1.01. The van der Waals surface area contributed by atoms with Crippen LogP contribution in [0.25, 0.3) is 0 Å².